The normalized spacial score (nSPS) is 12.3. The van der Waals surface area contributed by atoms with Crippen LogP contribution in [0.5, 0.6) is 0 Å². The van der Waals surface area contributed by atoms with Crippen LogP contribution in [-0.4, -0.2) is 0 Å². The van der Waals surface area contributed by atoms with Crippen LogP contribution in [0.15, 0.2) is 28.9 Å². The van der Waals surface area contributed by atoms with Crippen molar-refractivity contribution < 1.29 is 17.6 Å². The number of hydrogen-bond donors (Lipinski definition) is 0. The molecule has 0 N–H and O–H groups in total. The van der Waals surface area contributed by atoms with Gasteiger partial charge < -0.3 is 4.42 Å². The summed E-state index contributed by atoms with van der Waals surface area (Å²) in [5.41, 5.74) is 0.549. The first-order valence-electron chi connectivity index (χ1n) is 4.59. The quantitative estimate of drug-likeness (QED) is 0.698. The standard InChI is InChI=1S/C11H9F3O/c1-2-7-3-4-8-9(11(12,13)14)6-15-10(8)5-7/h3-6H,2H2,1H3. The van der Waals surface area contributed by atoms with Crippen LogP contribution in [0.4, 0.5) is 13.2 Å². The van der Waals surface area contributed by atoms with Crippen LogP contribution in [0, 0.1) is 0 Å². The minimum absolute atomic E-state index is 0.125. The summed E-state index contributed by atoms with van der Waals surface area (Å²) in [4.78, 5) is 0. The number of benzene rings is 1. The first kappa shape index (κ1) is 10.1. The predicted octanol–water partition coefficient (Wildman–Crippen LogP) is 4.01. The Kier molecular flexibility index (Phi) is 2.21. The summed E-state index contributed by atoms with van der Waals surface area (Å²) in [6, 6.07) is 4.79. The smallest absolute Gasteiger partial charge is 0.420 e. The number of fused-ring (bicyclic) bond motifs is 1. The third-order valence-electron chi connectivity index (χ3n) is 2.35. The Balaban J connectivity index is 2.62. The van der Waals surface area contributed by atoms with E-state index in [1.54, 1.807) is 12.1 Å². The highest BCUT2D eigenvalue weighted by Crippen LogP contribution is 2.36. The molecule has 0 atom stereocenters. The second kappa shape index (κ2) is 3.29. The summed E-state index contributed by atoms with van der Waals surface area (Å²) in [6.07, 6.45) is -2.80. The van der Waals surface area contributed by atoms with E-state index in [4.69, 9.17) is 4.42 Å². The lowest BCUT2D eigenvalue weighted by molar-refractivity contribution is -0.136. The van der Waals surface area contributed by atoms with Gasteiger partial charge in [-0.1, -0.05) is 19.1 Å². The molecule has 0 fully saturated rings. The second-order valence-corrected chi connectivity index (χ2v) is 3.33. The van der Waals surface area contributed by atoms with Gasteiger partial charge in [0, 0.05) is 5.39 Å². The lowest BCUT2D eigenvalue weighted by Gasteiger charge is -2.02. The molecule has 0 aliphatic rings. The molecule has 1 nitrogen and oxygen atoms in total. The number of hydrogen-bond acceptors (Lipinski definition) is 1. The molecule has 0 aliphatic heterocycles. The highest BCUT2D eigenvalue weighted by Gasteiger charge is 2.34. The van der Waals surface area contributed by atoms with Crippen molar-refractivity contribution in [3.63, 3.8) is 0 Å². The molecule has 2 aromatic rings. The topological polar surface area (TPSA) is 13.1 Å². The zero-order valence-corrected chi connectivity index (χ0v) is 8.06. The van der Waals surface area contributed by atoms with Gasteiger partial charge in [-0.3, -0.25) is 0 Å². The first-order valence-corrected chi connectivity index (χ1v) is 4.59. The number of halogens is 3. The largest absolute Gasteiger partial charge is 0.464 e. The van der Waals surface area contributed by atoms with Gasteiger partial charge in [-0.15, -0.1) is 0 Å². The van der Waals surface area contributed by atoms with Crippen LogP contribution in [-0.2, 0) is 12.6 Å². The summed E-state index contributed by atoms with van der Waals surface area (Å²) in [6.45, 7) is 1.94. The Labute approximate surface area is 84.5 Å². The monoisotopic (exact) mass is 214 g/mol. The van der Waals surface area contributed by atoms with Crippen molar-refractivity contribution in [1.29, 1.82) is 0 Å². The zero-order chi connectivity index (χ0) is 11.1. The van der Waals surface area contributed by atoms with Crippen LogP contribution in [0.3, 0.4) is 0 Å². The van der Waals surface area contributed by atoms with Crippen LogP contribution in [0.25, 0.3) is 11.0 Å². The van der Waals surface area contributed by atoms with Gasteiger partial charge in [-0.05, 0) is 18.1 Å². The Morgan fingerprint density at radius 1 is 1.27 bits per heavy atom. The number of furan rings is 1. The van der Waals surface area contributed by atoms with Crippen molar-refractivity contribution in [1.82, 2.24) is 0 Å². The molecule has 0 saturated carbocycles. The molecule has 80 valence electrons. The summed E-state index contributed by atoms with van der Waals surface area (Å²) in [5, 5.41) is 0.125. The second-order valence-electron chi connectivity index (χ2n) is 3.33. The maximum absolute atomic E-state index is 12.5. The van der Waals surface area contributed by atoms with E-state index in [0.29, 0.717) is 5.58 Å². The Morgan fingerprint density at radius 2 is 2.00 bits per heavy atom. The molecule has 0 bridgehead atoms. The average Bonchev–Trinajstić information content (AvgIpc) is 2.59. The van der Waals surface area contributed by atoms with Crippen molar-refractivity contribution in [2.24, 2.45) is 0 Å². The summed E-state index contributed by atoms with van der Waals surface area (Å²) >= 11 is 0. The van der Waals surface area contributed by atoms with Gasteiger partial charge in [0.1, 0.15) is 17.4 Å². The summed E-state index contributed by atoms with van der Waals surface area (Å²) in [7, 11) is 0. The Bertz CT molecular complexity index is 482. The third kappa shape index (κ3) is 1.71. The molecule has 0 saturated heterocycles. The Morgan fingerprint density at radius 3 is 2.60 bits per heavy atom. The summed E-state index contributed by atoms with van der Waals surface area (Å²) < 4.78 is 42.3. The van der Waals surface area contributed by atoms with E-state index < -0.39 is 11.7 Å². The molecular weight excluding hydrogens is 205 g/mol. The van der Waals surface area contributed by atoms with Crippen molar-refractivity contribution in [3.8, 4) is 0 Å². The maximum Gasteiger partial charge on any atom is 0.420 e. The van der Waals surface area contributed by atoms with Gasteiger partial charge >= 0.3 is 6.18 Å². The van der Waals surface area contributed by atoms with Crippen molar-refractivity contribution >= 4 is 11.0 Å². The van der Waals surface area contributed by atoms with Gasteiger partial charge in [0.2, 0.25) is 0 Å². The molecule has 1 aromatic heterocycles. The molecule has 0 radical (unpaired) electrons. The van der Waals surface area contributed by atoms with E-state index in [0.717, 1.165) is 18.2 Å². The van der Waals surface area contributed by atoms with Crippen molar-refractivity contribution in [3.05, 3.63) is 35.6 Å². The average molecular weight is 214 g/mol. The molecule has 1 heterocycles. The molecule has 0 aliphatic carbocycles. The zero-order valence-electron chi connectivity index (χ0n) is 8.06. The maximum atomic E-state index is 12.5. The number of alkyl halides is 3. The van der Waals surface area contributed by atoms with Crippen LogP contribution in [0.1, 0.15) is 18.1 Å². The van der Waals surface area contributed by atoms with Gasteiger partial charge in [-0.25, -0.2) is 0 Å². The highest BCUT2D eigenvalue weighted by molar-refractivity contribution is 5.82. The fourth-order valence-electron chi connectivity index (χ4n) is 1.51. The first-order chi connectivity index (χ1) is 7.02. The van der Waals surface area contributed by atoms with Gasteiger partial charge in [0.05, 0.1) is 0 Å². The Hall–Kier alpha value is -1.45. The molecule has 2 rings (SSSR count). The fourth-order valence-corrected chi connectivity index (χ4v) is 1.51. The van der Waals surface area contributed by atoms with E-state index in [1.165, 1.54) is 6.07 Å². The van der Waals surface area contributed by atoms with E-state index in [2.05, 4.69) is 0 Å². The molecule has 1 aromatic carbocycles. The van der Waals surface area contributed by atoms with Crippen LogP contribution >= 0.6 is 0 Å². The minimum Gasteiger partial charge on any atom is -0.464 e. The third-order valence-corrected chi connectivity index (χ3v) is 2.35. The molecule has 4 heteroatoms. The number of aryl methyl sites for hydroxylation is 1. The predicted molar refractivity (Wildman–Crippen MR) is 50.6 cm³/mol. The molecule has 0 unspecified atom stereocenters. The lowest BCUT2D eigenvalue weighted by Crippen LogP contribution is -2.03. The SMILES string of the molecule is CCc1ccc2c(C(F)(F)F)coc2c1. The molecule has 15 heavy (non-hydrogen) atoms. The number of rotatable bonds is 1. The van der Waals surface area contributed by atoms with E-state index in [-0.39, 0.29) is 5.39 Å². The highest BCUT2D eigenvalue weighted by atomic mass is 19.4. The van der Waals surface area contributed by atoms with E-state index >= 15 is 0 Å². The van der Waals surface area contributed by atoms with Gasteiger partial charge in [-0.2, -0.15) is 13.2 Å². The van der Waals surface area contributed by atoms with Gasteiger partial charge in [0.15, 0.2) is 0 Å². The fraction of sp³-hybridized carbons (Fsp3) is 0.273. The summed E-state index contributed by atoms with van der Waals surface area (Å²) in [5.74, 6) is 0. The lowest BCUT2D eigenvalue weighted by atomic mass is 10.1. The minimum atomic E-state index is -4.35. The van der Waals surface area contributed by atoms with Crippen LogP contribution in [0.2, 0.25) is 0 Å². The van der Waals surface area contributed by atoms with Crippen molar-refractivity contribution in [2.45, 2.75) is 19.5 Å². The molecule has 0 spiro atoms. The van der Waals surface area contributed by atoms with Gasteiger partial charge in [0.25, 0.3) is 0 Å². The molecule has 0 amide bonds. The molecular formula is C11H9F3O. The van der Waals surface area contributed by atoms with Crippen molar-refractivity contribution in [2.75, 3.05) is 0 Å². The van der Waals surface area contributed by atoms with E-state index in [1.807, 2.05) is 6.92 Å². The van der Waals surface area contributed by atoms with Crippen LogP contribution < -0.4 is 0 Å². The van der Waals surface area contributed by atoms with E-state index in [9.17, 15) is 13.2 Å².